The summed E-state index contributed by atoms with van der Waals surface area (Å²) in [6.07, 6.45) is 1.51. The smallest absolute Gasteiger partial charge is 0.263 e. The fraction of sp³-hybridized carbons (Fsp3) is 0.333. The second-order valence-electron chi connectivity index (χ2n) is 5.12. The molecule has 6 heteroatoms. The molecule has 21 heavy (non-hydrogen) atoms. The van der Waals surface area contributed by atoms with E-state index in [2.05, 4.69) is 15.0 Å². The molecule has 0 aliphatic rings. The van der Waals surface area contributed by atoms with Crippen molar-refractivity contribution in [3.05, 3.63) is 47.3 Å². The minimum absolute atomic E-state index is 0.245. The van der Waals surface area contributed by atoms with Gasteiger partial charge in [0, 0.05) is 24.1 Å². The minimum Gasteiger partial charge on any atom is -0.363 e. The molecule has 2 aromatic rings. The number of hydrogen-bond donors (Lipinski definition) is 3. The molecule has 2 rings (SSSR count). The zero-order chi connectivity index (χ0) is 15.5. The molecule has 1 aromatic heterocycles. The van der Waals surface area contributed by atoms with Crippen LogP contribution in [0.3, 0.4) is 0 Å². The Morgan fingerprint density at radius 2 is 1.76 bits per heavy atom. The van der Waals surface area contributed by atoms with Crippen LogP contribution in [0.25, 0.3) is 0 Å². The lowest BCUT2D eigenvalue weighted by molar-refractivity contribution is 0.601. The van der Waals surface area contributed by atoms with Crippen molar-refractivity contribution in [2.75, 3.05) is 11.3 Å². The molecule has 0 aliphatic heterocycles. The zero-order valence-corrected chi connectivity index (χ0v) is 13.3. The van der Waals surface area contributed by atoms with E-state index in [4.69, 9.17) is 0 Å². The van der Waals surface area contributed by atoms with Crippen LogP contribution in [-0.4, -0.2) is 19.9 Å². The maximum absolute atomic E-state index is 12.4. The highest BCUT2D eigenvalue weighted by atomic mass is 32.2. The Morgan fingerprint density at radius 3 is 2.38 bits per heavy atom. The quantitative estimate of drug-likeness (QED) is 0.768. The van der Waals surface area contributed by atoms with E-state index in [0.29, 0.717) is 12.2 Å². The van der Waals surface area contributed by atoms with Gasteiger partial charge in [0.25, 0.3) is 10.0 Å². The number of aryl methyl sites for hydroxylation is 2. The molecule has 114 valence electrons. The SMILES string of the molecule is CCNCc1cc(S(=O)(=O)Nc2cc(C)cc(C)c2)c[nH]1. The Hall–Kier alpha value is -1.79. The number of aromatic amines is 1. The van der Waals surface area contributed by atoms with Crippen LogP contribution in [-0.2, 0) is 16.6 Å². The lowest BCUT2D eigenvalue weighted by Gasteiger charge is -2.08. The summed E-state index contributed by atoms with van der Waals surface area (Å²) in [5.74, 6) is 0. The van der Waals surface area contributed by atoms with Crippen LogP contribution in [0.1, 0.15) is 23.7 Å². The number of benzene rings is 1. The van der Waals surface area contributed by atoms with Gasteiger partial charge in [-0.15, -0.1) is 0 Å². The van der Waals surface area contributed by atoms with E-state index in [0.717, 1.165) is 23.4 Å². The first-order valence-electron chi connectivity index (χ1n) is 6.90. The number of H-pyrrole nitrogens is 1. The number of anilines is 1. The van der Waals surface area contributed by atoms with Gasteiger partial charge < -0.3 is 10.3 Å². The second-order valence-corrected chi connectivity index (χ2v) is 6.81. The lowest BCUT2D eigenvalue weighted by atomic mass is 10.1. The van der Waals surface area contributed by atoms with Crippen LogP contribution in [0.15, 0.2) is 35.4 Å². The number of sulfonamides is 1. The summed E-state index contributed by atoms with van der Waals surface area (Å²) in [5.41, 5.74) is 3.48. The van der Waals surface area contributed by atoms with Gasteiger partial charge in [-0.05, 0) is 49.7 Å². The first-order chi connectivity index (χ1) is 9.90. The maximum Gasteiger partial charge on any atom is 0.263 e. The monoisotopic (exact) mass is 307 g/mol. The largest absolute Gasteiger partial charge is 0.363 e. The standard InChI is InChI=1S/C15H21N3O2S/c1-4-16-9-14-8-15(10-17-14)21(19,20)18-13-6-11(2)5-12(3)7-13/h5-8,10,16-18H,4,9H2,1-3H3. The van der Waals surface area contributed by atoms with Crippen LogP contribution in [0, 0.1) is 13.8 Å². The predicted octanol–water partition coefficient (Wildman–Crippen LogP) is 2.54. The molecule has 0 atom stereocenters. The zero-order valence-electron chi connectivity index (χ0n) is 12.5. The molecule has 0 spiro atoms. The van der Waals surface area contributed by atoms with Gasteiger partial charge in [0.1, 0.15) is 4.90 Å². The van der Waals surface area contributed by atoms with Gasteiger partial charge in [-0.25, -0.2) is 8.42 Å². The van der Waals surface area contributed by atoms with E-state index in [1.165, 1.54) is 6.20 Å². The highest BCUT2D eigenvalue weighted by Crippen LogP contribution is 2.19. The summed E-state index contributed by atoms with van der Waals surface area (Å²) < 4.78 is 27.3. The van der Waals surface area contributed by atoms with E-state index in [1.807, 2.05) is 39.0 Å². The molecule has 1 aromatic carbocycles. The van der Waals surface area contributed by atoms with E-state index >= 15 is 0 Å². The van der Waals surface area contributed by atoms with Crippen LogP contribution in [0.5, 0.6) is 0 Å². The second kappa shape index (κ2) is 6.32. The van der Waals surface area contributed by atoms with E-state index in [-0.39, 0.29) is 4.90 Å². The molecule has 5 nitrogen and oxygen atoms in total. The normalized spacial score (nSPS) is 11.6. The van der Waals surface area contributed by atoms with Crippen molar-refractivity contribution in [1.29, 1.82) is 0 Å². The molecular weight excluding hydrogens is 286 g/mol. The number of nitrogens with one attached hydrogen (secondary N) is 3. The van der Waals surface area contributed by atoms with Gasteiger partial charge in [-0.2, -0.15) is 0 Å². The molecule has 0 radical (unpaired) electrons. The first kappa shape index (κ1) is 15.6. The molecule has 3 N–H and O–H groups in total. The van der Waals surface area contributed by atoms with Gasteiger partial charge in [0.15, 0.2) is 0 Å². The Bertz CT molecular complexity index is 700. The first-order valence-corrected chi connectivity index (χ1v) is 8.38. The minimum atomic E-state index is -3.56. The number of hydrogen-bond acceptors (Lipinski definition) is 3. The number of rotatable bonds is 6. The van der Waals surface area contributed by atoms with Crippen molar-refractivity contribution < 1.29 is 8.42 Å². The average molecular weight is 307 g/mol. The van der Waals surface area contributed by atoms with Crippen molar-refractivity contribution >= 4 is 15.7 Å². The van der Waals surface area contributed by atoms with Crippen molar-refractivity contribution in [3.63, 3.8) is 0 Å². The highest BCUT2D eigenvalue weighted by molar-refractivity contribution is 7.92. The molecule has 0 unspecified atom stereocenters. The summed E-state index contributed by atoms with van der Waals surface area (Å²) in [6.45, 7) is 7.34. The highest BCUT2D eigenvalue weighted by Gasteiger charge is 2.16. The molecule has 1 heterocycles. The van der Waals surface area contributed by atoms with Gasteiger partial charge in [0.2, 0.25) is 0 Å². The Balaban J connectivity index is 2.19. The van der Waals surface area contributed by atoms with Gasteiger partial charge in [-0.1, -0.05) is 13.0 Å². The summed E-state index contributed by atoms with van der Waals surface area (Å²) in [5, 5.41) is 3.15. The fourth-order valence-electron chi connectivity index (χ4n) is 2.18. The van der Waals surface area contributed by atoms with Crippen LogP contribution in [0.2, 0.25) is 0 Å². The Labute approximate surface area is 125 Å². The Morgan fingerprint density at radius 1 is 1.10 bits per heavy atom. The van der Waals surface area contributed by atoms with Crippen molar-refractivity contribution in [3.8, 4) is 0 Å². The van der Waals surface area contributed by atoms with Gasteiger partial charge >= 0.3 is 0 Å². The van der Waals surface area contributed by atoms with Crippen LogP contribution < -0.4 is 10.0 Å². The Kier molecular flexibility index (Phi) is 4.69. The lowest BCUT2D eigenvalue weighted by Crippen LogP contribution is -2.13. The average Bonchev–Trinajstić information content (AvgIpc) is 2.84. The van der Waals surface area contributed by atoms with Crippen molar-refractivity contribution in [2.45, 2.75) is 32.2 Å². The predicted molar refractivity (Wildman–Crippen MR) is 84.9 cm³/mol. The fourth-order valence-corrected chi connectivity index (χ4v) is 3.24. The molecule has 0 saturated carbocycles. The molecule has 0 amide bonds. The third-order valence-corrected chi connectivity index (χ3v) is 4.43. The third-order valence-electron chi connectivity index (χ3n) is 3.07. The molecule has 0 saturated heterocycles. The van der Waals surface area contributed by atoms with Crippen molar-refractivity contribution in [2.24, 2.45) is 0 Å². The molecule has 0 fully saturated rings. The maximum atomic E-state index is 12.4. The topological polar surface area (TPSA) is 74.0 Å². The summed E-state index contributed by atoms with van der Waals surface area (Å²) >= 11 is 0. The van der Waals surface area contributed by atoms with E-state index in [9.17, 15) is 8.42 Å². The van der Waals surface area contributed by atoms with Gasteiger partial charge in [-0.3, -0.25) is 4.72 Å². The van der Waals surface area contributed by atoms with Crippen LogP contribution in [0.4, 0.5) is 5.69 Å². The number of aromatic nitrogens is 1. The summed E-state index contributed by atoms with van der Waals surface area (Å²) in [6, 6.07) is 7.28. The molecule has 0 aliphatic carbocycles. The van der Waals surface area contributed by atoms with E-state index < -0.39 is 10.0 Å². The van der Waals surface area contributed by atoms with E-state index in [1.54, 1.807) is 6.07 Å². The van der Waals surface area contributed by atoms with Gasteiger partial charge in [0.05, 0.1) is 0 Å². The van der Waals surface area contributed by atoms with Crippen molar-refractivity contribution in [1.82, 2.24) is 10.3 Å². The third kappa shape index (κ3) is 4.09. The summed E-state index contributed by atoms with van der Waals surface area (Å²) in [7, 11) is -3.56. The summed E-state index contributed by atoms with van der Waals surface area (Å²) in [4.78, 5) is 3.22. The molecule has 0 bridgehead atoms. The van der Waals surface area contributed by atoms with Crippen LogP contribution >= 0.6 is 0 Å². The molecular formula is C15H21N3O2S.